The topological polar surface area (TPSA) is 0 Å². The third kappa shape index (κ3) is 2.74. The Kier molecular flexibility index (Phi) is 0.863. The van der Waals surface area contributed by atoms with Gasteiger partial charge < -0.3 is 0 Å². The molecule has 0 spiro atoms. The standard InChI is InChI=1S/C3H4ClF3/c1-2(5)3(4,6)7/h2H,1H3/i1D3. The number of halogens is 4. The highest BCUT2D eigenvalue weighted by Gasteiger charge is 2.33. The molecule has 7 heavy (non-hydrogen) atoms. The van der Waals surface area contributed by atoms with E-state index in [9.17, 15) is 13.2 Å². The second-order valence-electron chi connectivity index (χ2n) is 0.904. The second-order valence-corrected chi connectivity index (χ2v) is 1.41. The van der Waals surface area contributed by atoms with Gasteiger partial charge >= 0.3 is 5.38 Å². The van der Waals surface area contributed by atoms with Crippen LogP contribution in [0.3, 0.4) is 0 Å². The Morgan fingerprint density at radius 3 is 2.29 bits per heavy atom. The van der Waals surface area contributed by atoms with Crippen LogP contribution in [0.5, 0.6) is 0 Å². The van der Waals surface area contributed by atoms with Crippen molar-refractivity contribution in [2.75, 3.05) is 0 Å². The first-order valence-corrected chi connectivity index (χ1v) is 1.74. The molecule has 0 fully saturated rings. The quantitative estimate of drug-likeness (QED) is 0.484. The van der Waals surface area contributed by atoms with E-state index < -0.39 is 18.4 Å². The van der Waals surface area contributed by atoms with E-state index in [1.807, 2.05) is 0 Å². The van der Waals surface area contributed by atoms with Crippen molar-refractivity contribution in [3.8, 4) is 0 Å². The molecule has 0 nitrogen and oxygen atoms in total. The molecule has 0 rings (SSSR count). The summed E-state index contributed by atoms with van der Waals surface area (Å²) < 4.78 is 53.8. The van der Waals surface area contributed by atoms with Gasteiger partial charge in [0.1, 0.15) is 0 Å². The van der Waals surface area contributed by atoms with Gasteiger partial charge in [0.2, 0.25) is 0 Å². The molecule has 4 heteroatoms. The predicted molar refractivity (Wildman–Crippen MR) is 21.4 cm³/mol. The maximum atomic E-state index is 12.0. The minimum absolute atomic E-state index is 3.30. The molecule has 0 heterocycles. The molecule has 0 bridgehead atoms. The van der Waals surface area contributed by atoms with E-state index in [4.69, 9.17) is 4.11 Å². The fourth-order valence-corrected chi connectivity index (χ4v) is 0. The van der Waals surface area contributed by atoms with Crippen LogP contribution in [0.15, 0.2) is 0 Å². The lowest BCUT2D eigenvalue weighted by Crippen LogP contribution is -2.18. The minimum atomic E-state index is -4.31. The van der Waals surface area contributed by atoms with Crippen LogP contribution >= 0.6 is 11.6 Å². The fraction of sp³-hybridized carbons (Fsp3) is 1.00. The Balaban J connectivity index is 4.23. The highest BCUT2D eigenvalue weighted by atomic mass is 35.5. The Morgan fingerprint density at radius 1 is 1.86 bits per heavy atom. The highest BCUT2D eigenvalue weighted by molar-refractivity contribution is 6.22. The lowest BCUT2D eigenvalue weighted by molar-refractivity contribution is 0.0160. The average Bonchev–Trinajstić information content (AvgIpc) is 1.59. The van der Waals surface area contributed by atoms with Crippen LogP contribution < -0.4 is 0 Å². The Hall–Kier alpha value is 0.0800. The molecule has 0 N–H and O–H groups in total. The van der Waals surface area contributed by atoms with E-state index >= 15 is 0 Å². The van der Waals surface area contributed by atoms with Crippen LogP contribution in [0.1, 0.15) is 11.0 Å². The summed E-state index contributed by atoms with van der Waals surface area (Å²) in [5.41, 5.74) is 0. The van der Waals surface area contributed by atoms with Crippen molar-refractivity contribution in [1.82, 2.24) is 0 Å². The molecule has 1 atom stereocenters. The van der Waals surface area contributed by atoms with Crippen molar-refractivity contribution < 1.29 is 17.3 Å². The monoisotopic (exact) mass is 135 g/mol. The van der Waals surface area contributed by atoms with Crippen LogP contribution in [-0.2, 0) is 0 Å². The number of alkyl halides is 4. The average molecular weight is 136 g/mol. The molecule has 0 aromatic heterocycles. The summed E-state index contributed by atoms with van der Waals surface area (Å²) in [5, 5.41) is -4.31. The van der Waals surface area contributed by atoms with Crippen LogP contribution in [0.2, 0.25) is 0 Å². The lowest BCUT2D eigenvalue weighted by atomic mass is 10.5. The SMILES string of the molecule is [2H]C([2H])([2H])C(F)C(F)(F)Cl. The highest BCUT2D eigenvalue weighted by Crippen LogP contribution is 2.24. The van der Waals surface area contributed by atoms with Crippen molar-refractivity contribution in [3.05, 3.63) is 0 Å². The zero-order valence-corrected chi connectivity index (χ0v) is 3.85. The first-order valence-electron chi connectivity index (χ1n) is 2.86. The molecule has 0 aromatic carbocycles. The van der Waals surface area contributed by atoms with Gasteiger partial charge in [0, 0.05) is 4.11 Å². The Bertz CT molecular complexity index is 103. The maximum Gasteiger partial charge on any atom is 0.352 e. The molecular weight excluding hydrogens is 128 g/mol. The Morgan fingerprint density at radius 2 is 2.29 bits per heavy atom. The third-order valence-corrected chi connectivity index (χ3v) is 0.479. The lowest BCUT2D eigenvalue weighted by Gasteiger charge is -2.05. The van der Waals surface area contributed by atoms with Crippen LogP contribution in [0, 0.1) is 0 Å². The zero-order valence-electron chi connectivity index (χ0n) is 6.09. The van der Waals surface area contributed by atoms with E-state index in [1.54, 1.807) is 0 Å². The molecule has 0 aliphatic carbocycles. The first-order chi connectivity index (χ1) is 4.15. The van der Waals surface area contributed by atoms with Gasteiger partial charge in [-0.1, -0.05) is 0 Å². The van der Waals surface area contributed by atoms with Crippen LogP contribution in [-0.4, -0.2) is 11.6 Å². The van der Waals surface area contributed by atoms with E-state index in [0.717, 1.165) is 0 Å². The molecule has 0 saturated heterocycles. The molecule has 0 saturated carbocycles. The van der Waals surface area contributed by atoms with E-state index in [-0.39, 0.29) is 0 Å². The molecule has 0 aliphatic heterocycles. The van der Waals surface area contributed by atoms with Gasteiger partial charge in [-0.15, -0.1) is 0 Å². The van der Waals surface area contributed by atoms with Gasteiger partial charge in [0.25, 0.3) is 0 Å². The first kappa shape index (κ1) is 3.17. The van der Waals surface area contributed by atoms with Crippen molar-refractivity contribution in [2.45, 2.75) is 18.4 Å². The number of hydrogen-bond donors (Lipinski definition) is 0. The van der Waals surface area contributed by atoms with Gasteiger partial charge in [-0.3, -0.25) is 0 Å². The van der Waals surface area contributed by atoms with Gasteiger partial charge in [0.05, 0.1) is 0 Å². The third-order valence-electron chi connectivity index (χ3n) is 0.287. The van der Waals surface area contributed by atoms with Gasteiger partial charge in [-0.25, -0.2) is 4.39 Å². The smallest absolute Gasteiger partial charge is 0.240 e. The molecule has 0 amide bonds. The summed E-state index contributed by atoms with van der Waals surface area (Å²) in [7, 11) is 0. The molecule has 1 unspecified atom stereocenters. The summed E-state index contributed by atoms with van der Waals surface area (Å²) in [5.74, 6) is 0. The Labute approximate surface area is 48.5 Å². The van der Waals surface area contributed by atoms with Gasteiger partial charge in [-0.2, -0.15) is 8.78 Å². The summed E-state index contributed by atoms with van der Waals surface area (Å²) in [6.45, 7) is -3.36. The van der Waals surface area contributed by atoms with E-state index in [0.29, 0.717) is 0 Å². The molecule has 0 aromatic rings. The van der Waals surface area contributed by atoms with E-state index in [1.165, 1.54) is 0 Å². The molecule has 44 valence electrons. The predicted octanol–water partition coefficient (Wildman–Crippen LogP) is 2.18. The fourth-order valence-electron chi connectivity index (χ4n) is 0. The molecule has 0 radical (unpaired) electrons. The van der Waals surface area contributed by atoms with Gasteiger partial charge in [0.15, 0.2) is 6.17 Å². The molecular formula is C3H4ClF3. The zero-order chi connectivity index (χ0) is 8.58. The summed E-state index contributed by atoms with van der Waals surface area (Å²) in [6, 6.07) is 0. The number of rotatable bonds is 1. The summed E-state index contributed by atoms with van der Waals surface area (Å²) >= 11 is 4.10. The van der Waals surface area contributed by atoms with Crippen LogP contribution in [0.25, 0.3) is 0 Å². The van der Waals surface area contributed by atoms with Crippen molar-refractivity contribution in [3.63, 3.8) is 0 Å². The normalized spacial score (nSPS) is 24.9. The van der Waals surface area contributed by atoms with Crippen molar-refractivity contribution >= 4 is 11.6 Å². The maximum absolute atomic E-state index is 12.0. The minimum Gasteiger partial charge on any atom is -0.240 e. The van der Waals surface area contributed by atoms with Crippen molar-refractivity contribution in [2.24, 2.45) is 0 Å². The summed E-state index contributed by atoms with van der Waals surface area (Å²) in [6.07, 6.45) is -3.30. The van der Waals surface area contributed by atoms with E-state index in [2.05, 4.69) is 11.6 Å². The van der Waals surface area contributed by atoms with Gasteiger partial charge in [-0.05, 0) is 18.5 Å². The largest absolute Gasteiger partial charge is 0.352 e. The molecule has 0 aliphatic rings. The van der Waals surface area contributed by atoms with Crippen molar-refractivity contribution in [1.29, 1.82) is 0 Å². The second kappa shape index (κ2) is 1.90. The number of hydrogen-bond acceptors (Lipinski definition) is 0. The van der Waals surface area contributed by atoms with Crippen LogP contribution in [0.4, 0.5) is 13.2 Å². The summed E-state index contributed by atoms with van der Waals surface area (Å²) in [4.78, 5) is 0.